The van der Waals surface area contributed by atoms with Gasteiger partial charge in [-0.1, -0.05) is 42.0 Å². The second-order valence-corrected chi connectivity index (χ2v) is 10.9. The molecule has 2 saturated heterocycles. The lowest BCUT2D eigenvalue weighted by Gasteiger charge is -2.31. The molecule has 8 heteroatoms. The molecule has 40 heavy (non-hydrogen) atoms. The zero-order valence-corrected chi connectivity index (χ0v) is 22.4. The Morgan fingerprint density at radius 3 is 2.40 bits per heavy atom. The van der Waals surface area contributed by atoms with Gasteiger partial charge in [-0.25, -0.2) is 4.90 Å². The van der Waals surface area contributed by atoms with Gasteiger partial charge in [0, 0.05) is 35.1 Å². The summed E-state index contributed by atoms with van der Waals surface area (Å²) in [5, 5.41) is 15.0. The molecule has 2 fully saturated rings. The quantitative estimate of drug-likeness (QED) is 0.247. The molecule has 2 aliphatic heterocycles. The Kier molecular flexibility index (Phi) is 5.96. The summed E-state index contributed by atoms with van der Waals surface area (Å²) in [5.74, 6) is -4.41. The summed E-state index contributed by atoms with van der Waals surface area (Å²) in [7, 11) is 0. The van der Waals surface area contributed by atoms with Crippen LogP contribution in [0.25, 0.3) is 10.9 Å². The van der Waals surface area contributed by atoms with E-state index in [-0.39, 0.29) is 12.2 Å². The molecule has 1 aromatic heterocycles. The number of carboxylic acids is 1. The summed E-state index contributed by atoms with van der Waals surface area (Å²) >= 11 is 0. The Balaban J connectivity index is 1.51. The van der Waals surface area contributed by atoms with Gasteiger partial charge in [0.05, 0.1) is 17.5 Å². The summed E-state index contributed by atoms with van der Waals surface area (Å²) in [6.45, 7) is 5.31. The van der Waals surface area contributed by atoms with Gasteiger partial charge >= 0.3 is 5.97 Å². The van der Waals surface area contributed by atoms with Crippen molar-refractivity contribution in [2.24, 2.45) is 11.8 Å². The number of aromatic amines is 1. The minimum Gasteiger partial charge on any atom is -0.480 e. The number of imide groups is 1. The van der Waals surface area contributed by atoms with Gasteiger partial charge in [0.25, 0.3) is 0 Å². The predicted molar refractivity (Wildman–Crippen MR) is 150 cm³/mol. The van der Waals surface area contributed by atoms with Gasteiger partial charge in [0.1, 0.15) is 5.54 Å². The molecule has 202 valence electrons. The topological polar surface area (TPSA) is 120 Å². The number of hydrogen-bond acceptors (Lipinski definition) is 5. The van der Waals surface area contributed by atoms with Gasteiger partial charge in [-0.15, -0.1) is 0 Å². The van der Waals surface area contributed by atoms with Crippen molar-refractivity contribution in [3.05, 3.63) is 101 Å². The Morgan fingerprint density at radius 2 is 1.70 bits per heavy atom. The molecule has 8 nitrogen and oxygen atoms in total. The fraction of sp³-hybridized carbons (Fsp3) is 0.250. The highest BCUT2D eigenvalue weighted by atomic mass is 16.4. The highest BCUT2D eigenvalue weighted by Gasteiger charge is 2.68. The van der Waals surface area contributed by atoms with Crippen LogP contribution in [0.3, 0.4) is 0 Å². The summed E-state index contributed by atoms with van der Waals surface area (Å²) < 4.78 is 0. The number of amides is 2. The molecule has 4 atom stereocenters. The molecule has 3 N–H and O–H groups in total. The highest BCUT2D eigenvalue weighted by molar-refractivity contribution is 6.24. The Labute approximate surface area is 231 Å². The zero-order valence-electron chi connectivity index (χ0n) is 22.4. The highest BCUT2D eigenvalue weighted by Crippen LogP contribution is 2.51. The Bertz CT molecular complexity index is 1710. The van der Waals surface area contributed by atoms with E-state index in [4.69, 9.17) is 0 Å². The maximum absolute atomic E-state index is 14.2. The molecule has 4 aromatic rings. The van der Waals surface area contributed by atoms with E-state index >= 15 is 0 Å². The van der Waals surface area contributed by atoms with Crippen molar-refractivity contribution in [2.75, 3.05) is 4.90 Å². The number of carbonyl (C=O) groups is 4. The van der Waals surface area contributed by atoms with Gasteiger partial charge in [0.15, 0.2) is 5.78 Å². The van der Waals surface area contributed by atoms with Crippen LogP contribution in [-0.2, 0) is 20.8 Å². The first kappa shape index (κ1) is 25.7. The molecule has 6 rings (SSSR count). The van der Waals surface area contributed by atoms with Crippen LogP contribution in [0.5, 0.6) is 0 Å². The Morgan fingerprint density at radius 1 is 0.975 bits per heavy atom. The number of H-pyrrole nitrogens is 1. The third kappa shape index (κ3) is 3.78. The van der Waals surface area contributed by atoms with Crippen LogP contribution in [0.2, 0.25) is 0 Å². The largest absolute Gasteiger partial charge is 0.480 e. The van der Waals surface area contributed by atoms with E-state index in [1.807, 2.05) is 56.3 Å². The zero-order chi connectivity index (χ0) is 28.3. The Hall–Kier alpha value is -4.56. The number of benzene rings is 3. The molecule has 2 amide bonds. The van der Waals surface area contributed by atoms with Crippen LogP contribution in [0.15, 0.2) is 72.9 Å². The van der Waals surface area contributed by atoms with Crippen LogP contribution >= 0.6 is 0 Å². The van der Waals surface area contributed by atoms with Crippen LogP contribution in [0.4, 0.5) is 5.69 Å². The lowest BCUT2D eigenvalue weighted by molar-refractivity contribution is -0.148. The molecule has 0 radical (unpaired) electrons. The number of rotatable bonds is 6. The molecule has 0 aliphatic carbocycles. The molecule has 0 saturated carbocycles. The van der Waals surface area contributed by atoms with E-state index in [2.05, 4.69) is 10.3 Å². The number of carboxylic acid groups (broad SMARTS) is 1. The summed E-state index contributed by atoms with van der Waals surface area (Å²) in [6.07, 6.45) is 1.78. The van der Waals surface area contributed by atoms with Crippen molar-refractivity contribution in [3.8, 4) is 0 Å². The summed E-state index contributed by atoms with van der Waals surface area (Å²) in [6, 6.07) is 19.0. The van der Waals surface area contributed by atoms with E-state index in [0.29, 0.717) is 11.3 Å². The standard InChI is InChI=1S/C32H29N3O5/c1-17-8-9-18(2)24(14-17)28-26-27(30(38)35(29(26)37)22-12-10-20(11-13-22)19(3)36)32(34-28,31(39)40)15-21-16-33-25-7-5-4-6-23(21)25/h4-14,16,26-28,33-34H,15H2,1-3H3,(H,39,40). The van der Waals surface area contributed by atoms with Gasteiger partial charge < -0.3 is 10.1 Å². The molecule has 0 bridgehead atoms. The van der Waals surface area contributed by atoms with Crippen LogP contribution in [-0.4, -0.2) is 39.2 Å². The minimum absolute atomic E-state index is 0.00497. The summed E-state index contributed by atoms with van der Waals surface area (Å²) in [5.41, 5.74) is 3.31. The monoisotopic (exact) mass is 535 g/mol. The molecular weight excluding hydrogens is 506 g/mol. The second kappa shape index (κ2) is 9.27. The van der Waals surface area contributed by atoms with Gasteiger partial charge in [0.2, 0.25) is 11.8 Å². The number of carbonyl (C=O) groups excluding carboxylic acids is 3. The van der Waals surface area contributed by atoms with Gasteiger partial charge in [-0.05, 0) is 67.8 Å². The number of ketones is 1. The molecular formula is C32H29N3O5. The normalized spacial score (nSPS) is 24.1. The molecule has 3 heterocycles. The number of hydrogen-bond donors (Lipinski definition) is 3. The average Bonchev–Trinajstić information content (AvgIpc) is 3.58. The van der Waals surface area contributed by atoms with Crippen LogP contribution in [0, 0.1) is 25.7 Å². The number of Topliss-reactive ketones (excluding diaryl/α,β-unsaturated/α-hetero) is 1. The minimum atomic E-state index is -1.74. The fourth-order valence-corrected chi connectivity index (χ4v) is 6.48. The third-order valence-electron chi connectivity index (χ3n) is 8.48. The van der Waals surface area contributed by atoms with Crippen LogP contribution in [0.1, 0.15) is 45.6 Å². The SMILES string of the molecule is CC(=O)c1ccc(N2C(=O)C3C(c4cc(C)ccc4C)NC(Cc4c[nH]c5ccccc45)(C(=O)O)C3C2=O)cc1. The number of aryl methyl sites for hydroxylation is 2. The predicted octanol–water partition coefficient (Wildman–Crippen LogP) is 4.50. The first-order chi connectivity index (χ1) is 19.1. The molecule has 0 spiro atoms. The lowest BCUT2D eigenvalue weighted by atomic mass is 9.76. The first-order valence-electron chi connectivity index (χ1n) is 13.2. The smallest absolute Gasteiger partial charge is 0.325 e. The van der Waals surface area contributed by atoms with Gasteiger partial charge in [-0.2, -0.15) is 0 Å². The molecule has 4 unspecified atom stereocenters. The van der Waals surface area contributed by atoms with Gasteiger partial charge in [-0.3, -0.25) is 24.5 Å². The number of nitrogens with one attached hydrogen (secondary N) is 2. The van der Waals surface area contributed by atoms with Crippen molar-refractivity contribution in [3.63, 3.8) is 0 Å². The van der Waals surface area contributed by atoms with Crippen LogP contribution < -0.4 is 10.2 Å². The maximum Gasteiger partial charge on any atom is 0.325 e. The number of fused-ring (bicyclic) bond motifs is 2. The number of aliphatic carboxylic acids is 1. The lowest BCUT2D eigenvalue weighted by Crippen LogP contribution is -2.57. The van der Waals surface area contributed by atoms with E-state index in [0.717, 1.165) is 38.1 Å². The molecule has 3 aromatic carbocycles. The van der Waals surface area contributed by atoms with Crippen molar-refractivity contribution in [1.82, 2.24) is 10.3 Å². The number of nitrogens with zero attached hydrogens (tertiary/aromatic N) is 1. The van der Waals surface area contributed by atoms with E-state index in [1.165, 1.54) is 6.92 Å². The van der Waals surface area contributed by atoms with Crippen molar-refractivity contribution in [1.29, 1.82) is 0 Å². The first-order valence-corrected chi connectivity index (χ1v) is 13.2. The van der Waals surface area contributed by atoms with E-state index < -0.39 is 41.2 Å². The third-order valence-corrected chi connectivity index (χ3v) is 8.48. The van der Waals surface area contributed by atoms with Crippen molar-refractivity contribution in [2.45, 2.75) is 38.8 Å². The molecule has 2 aliphatic rings. The second-order valence-electron chi connectivity index (χ2n) is 10.9. The number of para-hydroxylation sites is 1. The van der Waals surface area contributed by atoms with E-state index in [1.54, 1.807) is 30.5 Å². The summed E-state index contributed by atoms with van der Waals surface area (Å²) in [4.78, 5) is 57.7. The van der Waals surface area contributed by atoms with Crippen molar-refractivity contribution < 1.29 is 24.3 Å². The number of anilines is 1. The average molecular weight is 536 g/mol. The van der Waals surface area contributed by atoms with Crippen molar-refractivity contribution >= 4 is 40.2 Å². The number of aromatic nitrogens is 1. The van der Waals surface area contributed by atoms with E-state index in [9.17, 15) is 24.3 Å². The fourth-order valence-electron chi connectivity index (χ4n) is 6.48. The maximum atomic E-state index is 14.2.